The molecule has 3 heterocycles. The quantitative estimate of drug-likeness (QED) is 0.516. The van der Waals surface area contributed by atoms with E-state index in [-0.39, 0.29) is 5.95 Å². The summed E-state index contributed by atoms with van der Waals surface area (Å²) in [7, 11) is 0. The fraction of sp³-hybridized carbons (Fsp3) is 0. The Balaban J connectivity index is 1.50. The Morgan fingerprint density at radius 3 is 2.64 bits per heavy atom. The van der Waals surface area contributed by atoms with Crippen molar-refractivity contribution >= 4 is 28.8 Å². The van der Waals surface area contributed by atoms with E-state index in [2.05, 4.69) is 20.3 Å². The second-order valence-electron chi connectivity index (χ2n) is 5.71. The minimum absolute atomic E-state index is 0.208. The van der Waals surface area contributed by atoms with Crippen LogP contribution in [-0.2, 0) is 0 Å². The Kier molecular flexibility index (Phi) is 4.82. The zero-order chi connectivity index (χ0) is 19.3. The lowest BCUT2D eigenvalue weighted by Gasteiger charge is -2.09. The molecule has 0 atom stereocenters. The van der Waals surface area contributed by atoms with Crippen molar-refractivity contribution in [3.8, 4) is 28.1 Å². The fourth-order valence-electron chi connectivity index (χ4n) is 2.51. The highest BCUT2D eigenvalue weighted by Gasteiger charge is 2.07. The van der Waals surface area contributed by atoms with Gasteiger partial charge in [-0.05, 0) is 41.8 Å². The minimum Gasteiger partial charge on any atom is -0.457 e. The van der Waals surface area contributed by atoms with Gasteiger partial charge >= 0.3 is 0 Å². The molecule has 0 aliphatic rings. The summed E-state index contributed by atoms with van der Waals surface area (Å²) in [5.74, 6) is 2.01. The molecule has 28 heavy (non-hydrogen) atoms. The average molecular weight is 386 g/mol. The number of hydrogen-bond donors (Lipinski definition) is 2. The fourth-order valence-corrected chi connectivity index (χ4v) is 3.19. The molecule has 0 bridgehead atoms. The third kappa shape index (κ3) is 4.06. The number of benzene rings is 1. The summed E-state index contributed by atoms with van der Waals surface area (Å²) in [5.41, 5.74) is 7.75. The monoisotopic (exact) mass is 386 g/mol. The van der Waals surface area contributed by atoms with E-state index in [0.717, 1.165) is 16.3 Å². The van der Waals surface area contributed by atoms with Crippen molar-refractivity contribution in [2.45, 2.75) is 0 Å². The number of hydrogen-bond acceptors (Lipinski definition) is 8. The van der Waals surface area contributed by atoms with Crippen LogP contribution in [0, 0.1) is 11.3 Å². The first-order chi connectivity index (χ1) is 13.7. The molecule has 4 aromatic rings. The van der Waals surface area contributed by atoms with Gasteiger partial charge in [0.1, 0.15) is 29.1 Å². The van der Waals surface area contributed by atoms with E-state index in [0.29, 0.717) is 23.0 Å². The Morgan fingerprint density at radius 2 is 1.89 bits per heavy atom. The minimum atomic E-state index is 0.208. The number of ether oxygens (including phenoxy) is 1. The van der Waals surface area contributed by atoms with Crippen LogP contribution in [0.15, 0.2) is 66.2 Å². The van der Waals surface area contributed by atoms with Crippen molar-refractivity contribution in [1.82, 2.24) is 15.0 Å². The van der Waals surface area contributed by atoms with Crippen molar-refractivity contribution in [2.24, 2.45) is 0 Å². The lowest BCUT2D eigenvalue weighted by molar-refractivity contribution is 0.482. The van der Waals surface area contributed by atoms with Gasteiger partial charge in [-0.3, -0.25) is 0 Å². The second-order valence-corrected chi connectivity index (χ2v) is 6.66. The summed E-state index contributed by atoms with van der Waals surface area (Å²) in [6.07, 6.45) is 1.54. The molecule has 3 aromatic heterocycles. The molecule has 4 rings (SSSR count). The predicted octanol–water partition coefficient (Wildman–Crippen LogP) is 4.59. The first-order valence-corrected chi connectivity index (χ1v) is 9.17. The topological polar surface area (TPSA) is 110 Å². The van der Waals surface area contributed by atoms with E-state index >= 15 is 0 Å². The summed E-state index contributed by atoms with van der Waals surface area (Å²) in [5, 5.41) is 14.1. The number of pyridine rings is 1. The maximum atomic E-state index is 8.91. The highest BCUT2D eigenvalue weighted by molar-refractivity contribution is 7.13. The normalized spacial score (nSPS) is 10.2. The number of nitrogens with two attached hydrogens (primary N) is 1. The van der Waals surface area contributed by atoms with E-state index in [1.807, 2.05) is 53.9 Å². The van der Waals surface area contributed by atoms with Crippen LogP contribution >= 0.6 is 11.3 Å². The van der Waals surface area contributed by atoms with Gasteiger partial charge < -0.3 is 15.8 Å². The van der Waals surface area contributed by atoms with Gasteiger partial charge in [-0.2, -0.15) is 10.2 Å². The number of nitriles is 1. The Labute approximate surface area is 165 Å². The summed E-state index contributed by atoms with van der Waals surface area (Å²) >= 11 is 1.59. The maximum Gasteiger partial charge on any atom is 0.222 e. The molecule has 0 aliphatic carbocycles. The molecule has 0 aliphatic heterocycles. The molecule has 136 valence electrons. The number of aromatic nitrogens is 3. The lowest BCUT2D eigenvalue weighted by atomic mass is 10.3. The van der Waals surface area contributed by atoms with E-state index < -0.39 is 0 Å². The molecule has 0 fully saturated rings. The SMILES string of the molecule is N#Cc1cc(Oc2ccc(Nc3cc(-c4cccs4)nc(N)n3)cc2)ccn1. The molecule has 0 saturated heterocycles. The van der Waals surface area contributed by atoms with Crippen molar-refractivity contribution < 1.29 is 4.74 Å². The molecule has 7 nitrogen and oxygen atoms in total. The summed E-state index contributed by atoms with van der Waals surface area (Å²) in [4.78, 5) is 13.5. The van der Waals surface area contributed by atoms with Gasteiger partial charge in [-0.15, -0.1) is 11.3 Å². The van der Waals surface area contributed by atoms with E-state index in [1.54, 1.807) is 23.5 Å². The third-order valence-corrected chi connectivity index (χ3v) is 4.62. The number of nitrogens with one attached hydrogen (secondary N) is 1. The van der Waals surface area contributed by atoms with Crippen LogP contribution in [0.5, 0.6) is 11.5 Å². The van der Waals surface area contributed by atoms with E-state index in [4.69, 9.17) is 15.7 Å². The number of rotatable bonds is 5. The molecule has 8 heteroatoms. The highest BCUT2D eigenvalue weighted by Crippen LogP contribution is 2.28. The van der Waals surface area contributed by atoms with Crippen LogP contribution in [0.4, 0.5) is 17.5 Å². The first kappa shape index (κ1) is 17.5. The van der Waals surface area contributed by atoms with Crippen LogP contribution in [0.3, 0.4) is 0 Å². The third-order valence-electron chi connectivity index (χ3n) is 3.73. The summed E-state index contributed by atoms with van der Waals surface area (Å²) in [6, 6.07) is 18.4. The number of thiophene rings is 1. The van der Waals surface area contributed by atoms with Crippen molar-refractivity contribution in [3.05, 3.63) is 71.9 Å². The molecule has 0 saturated carbocycles. The molecule has 3 N–H and O–H groups in total. The van der Waals surface area contributed by atoms with Gasteiger partial charge in [-0.25, -0.2) is 9.97 Å². The molecule has 1 aromatic carbocycles. The van der Waals surface area contributed by atoms with E-state index in [9.17, 15) is 0 Å². The number of nitrogen functional groups attached to an aromatic ring is 1. The largest absolute Gasteiger partial charge is 0.457 e. The van der Waals surface area contributed by atoms with Crippen molar-refractivity contribution in [1.29, 1.82) is 5.26 Å². The van der Waals surface area contributed by atoms with E-state index in [1.165, 1.54) is 6.20 Å². The standard InChI is InChI=1S/C20H14N6OS/c21-12-14-10-16(7-8-23-14)27-15-5-3-13(4-6-15)24-19-11-17(25-20(22)26-19)18-2-1-9-28-18/h1-11H,(H3,22,24,25,26). The van der Waals surface area contributed by atoms with Crippen LogP contribution in [0.2, 0.25) is 0 Å². The zero-order valence-corrected chi connectivity index (χ0v) is 15.4. The highest BCUT2D eigenvalue weighted by atomic mass is 32.1. The smallest absolute Gasteiger partial charge is 0.222 e. The summed E-state index contributed by atoms with van der Waals surface area (Å²) < 4.78 is 5.75. The zero-order valence-electron chi connectivity index (χ0n) is 14.5. The Hall–Kier alpha value is -3.96. The molecule has 0 radical (unpaired) electrons. The molecular weight excluding hydrogens is 372 g/mol. The average Bonchev–Trinajstić information content (AvgIpc) is 3.24. The first-order valence-electron chi connectivity index (χ1n) is 8.29. The van der Waals surface area contributed by atoms with Crippen molar-refractivity contribution in [2.75, 3.05) is 11.1 Å². The van der Waals surface area contributed by atoms with Gasteiger partial charge in [0.15, 0.2) is 0 Å². The maximum absolute atomic E-state index is 8.91. The molecule has 0 amide bonds. The van der Waals surface area contributed by atoms with Crippen LogP contribution in [-0.4, -0.2) is 15.0 Å². The van der Waals surface area contributed by atoms with Gasteiger partial charge in [0, 0.05) is 24.0 Å². The molecular formula is C20H14N6OS. The predicted molar refractivity (Wildman–Crippen MR) is 109 cm³/mol. The van der Waals surface area contributed by atoms with Crippen molar-refractivity contribution in [3.63, 3.8) is 0 Å². The van der Waals surface area contributed by atoms with Crippen LogP contribution in [0.25, 0.3) is 10.6 Å². The number of anilines is 3. The van der Waals surface area contributed by atoms with Crippen LogP contribution < -0.4 is 15.8 Å². The van der Waals surface area contributed by atoms with Gasteiger partial charge in [-0.1, -0.05) is 6.07 Å². The lowest BCUT2D eigenvalue weighted by Crippen LogP contribution is -2.01. The van der Waals surface area contributed by atoms with Gasteiger partial charge in [0.05, 0.1) is 10.6 Å². The second kappa shape index (κ2) is 7.73. The summed E-state index contributed by atoms with van der Waals surface area (Å²) in [6.45, 7) is 0. The Bertz CT molecular complexity index is 1140. The Morgan fingerprint density at radius 1 is 1.04 bits per heavy atom. The van der Waals surface area contributed by atoms with Gasteiger partial charge in [0.2, 0.25) is 5.95 Å². The molecule has 0 unspecified atom stereocenters. The van der Waals surface area contributed by atoms with Crippen LogP contribution in [0.1, 0.15) is 5.69 Å². The molecule has 0 spiro atoms. The number of nitrogens with zero attached hydrogens (tertiary/aromatic N) is 4. The van der Waals surface area contributed by atoms with Gasteiger partial charge in [0.25, 0.3) is 0 Å².